The number of ether oxygens (including phenoxy) is 1. The van der Waals surface area contributed by atoms with Gasteiger partial charge in [-0.2, -0.15) is 13.2 Å². The summed E-state index contributed by atoms with van der Waals surface area (Å²) in [5.41, 5.74) is -1.49. The van der Waals surface area contributed by atoms with Gasteiger partial charge in [-0.15, -0.1) is 5.10 Å². The van der Waals surface area contributed by atoms with Crippen LogP contribution in [0.2, 0.25) is 0 Å². The first-order valence-electron chi connectivity index (χ1n) is 6.09. The zero-order valence-corrected chi connectivity index (χ0v) is 10.5. The molecule has 0 amide bonds. The Kier molecular flexibility index (Phi) is 3.29. The minimum Gasteiger partial charge on any atom is -0.477 e. The predicted octanol–water partition coefficient (Wildman–Crippen LogP) is 3.58. The number of hydrogen-bond acceptors (Lipinski definition) is 2. The second kappa shape index (κ2) is 4.48. The maximum atomic E-state index is 12.7. The van der Waals surface area contributed by atoms with Crippen LogP contribution in [0.3, 0.4) is 0 Å². The maximum absolute atomic E-state index is 12.7. The Bertz CT molecular complexity index is 408. The van der Waals surface area contributed by atoms with Gasteiger partial charge in [0, 0.05) is 18.3 Å². The minimum atomic E-state index is -4.10. The first-order valence-corrected chi connectivity index (χ1v) is 6.09. The van der Waals surface area contributed by atoms with Crippen LogP contribution in [-0.2, 0) is 0 Å². The van der Waals surface area contributed by atoms with Crippen molar-refractivity contribution in [2.75, 3.05) is 6.61 Å². The van der Waals surface area contributed by atoms with Gasteiger partial charge in [-0.25, -0.2) is 0 Å². The molecule has 3 nitrogen and oxygen atoms in total. The van der Waals surface area contributed by atoms with Crippen molar-refractivity contribution in [2.45, 2.75) is 45.3 Å². The summed E-state index contributed by atoms with van der Waals surface area (Å²) in [6, 6.07) is 1.89. The molecule has 1 fully saturated rings. The molecule has 1 aromatic rings. The number of rotatable bonds is 5. The van der Waals surface area contributed by atoms with Gasteiger partial charge in [-0.05, 0) is 33.1 Å². The van der Waals surface area contributed by atoms with E-state index in [1.807, 2.05) is 13.8 Å². The molecule has 0 bridgehead atoms. The molecule has 0 unspecified atom stereocenters. The Hall–Kier alpha value is -1.20. The third kappa shape index (κ3) is 2.62. The maximum Gasteiger partial charge on any atom is 0.394 e. The lowest BCUT2D eigenvalue weighted by atomic mass is 10.0. The van der Waals surface area contributed by atoms with Gasteiger partial charge in [-0.3, -0.25) is 4.68 Å². The van der Waals surface area contributed by atoms with E-state index < -0.39 is 11.6 Å². The molecule has 6 heteroatoms. The van der Waals surface area contributed by atoms with Gasteiger partial charge in [0.05, 0.1) is 12.0 Å². The summed E-state index contributed by atoms with van der Waals surface area (Å²) in [6.07, 6.45) is -1.88. The van der Waals surface area contributed by atoms with Gasteiger partial charge in [0.1, 0.15) is 0 Å². The molecule has 102 valence electrons. The van der Waals surface area contributed by atoms with Crippen LogP contribution in [0.25, 0.3) is 0 Å². The number of hydrogen-bond donors (Lipinski definition) is 0. The summed E-state index contributed by atoms with van der Waals surface area (Å²) in [4.78, 5) is 0. The van der Waals surface area contributed by atoms with Gasteiger partial charge in [0.2, 0.25) is 5.88 Å². The minimum absolute atomic E-state index is 0.0189. The van der Waals surface area contributed by atoms with Crippen molar-refractivity contribution in [1.29, 1.82) is 0 Å². The molecule has 18 heavy (non-hydrogen) atoms. The van der Waals surface area contributed by atoms with Gasteiger partial charge >= 0.3 is 6.18 Å². The second-order valence-electron chi connectivity index (χ2n) is 5.10. The van der Waals surface area contributed by atoms with Gasteiger partial charge < -0.3 is 4.74 Å². The van der Waals surface area contributed by atoms with E-state index in [0.717, 1.165) is 0 Å². The Labute approximate surface area is 104 Å². The molecule has 1 heterocycles. The summed E-state index contributed by atoms with van der Waals surface area (Å²) >= 11 is 0. The zero-order valence-electron chi connectivity index (χ0n) is 10.5. The molecule has 1 aromatic heterocycles. The SMILES string of the molecule is CC(C)n1ccc(OCCC2(C(F)(F)F)CC2)n1. The van der Waals surface area contributed by atoms with E-state index in [2.05, 4.69) is 5.10 Å². The molecular formula is C12H17F3N2O. The summed E-state index contributed by atoms with van der Waals surface area (Å²) in [5, 5.41) is 4.13. The van der Waals surface area contributed by atoms with Crippen molar-refractivity contribution in [2.24, 2.45) is 5.41 Å². The number of nitrogens with zero attached hydrogens (tertiary/aromatic N) is 2. The molecular weight excluding hydrogens is 245 g/mol. The van der Waals surface area contributed by atoms with E-state index in [1.165, 1.54) is 0 Å². The van der Waals surface area contributed by atoms with Crippen LogP contribution < -0.4 is 4.74 Å². The molecule has 0 N–H and O–H groups in total. The van der Waals surface area contributed by atoms with Crippen molar-refractivity contribution in [3.8, 4) is 5.88 Å². The summed E-state index contributed by atoms with van der Waals surface area (Å²) in [5.74, 6) is 0.390. The highest BCUT2D eigenvalue weighted by Gasteiger charge is 2.62. The molecule has 2 rings (SSSR count). The zero-order chi connectivity index (χ0) is 13.4. The standard InChI is InChI=1S/C12H17F3N2O/c1-9(2)17-7-3-10(16-17)18-8-6-11(4-5-11)12(13,14)15/h3,7,9H,4-6,8H2,1-2H3. The largest absolute Gasteiger partial charge is 0.477 e. The van der Waals surface area contributed by atoms with Crippen molar-refractivity contribution in [1.82, 2.24) is 9.78 Å². The van der Waals surface area contributed by atoms with Crippen LogP contribution in [0.1, 0.15) is 39.2 Å². The third-order valence-electron chi connectivity index (χ3n) is 3.40. The van der Waals surface area contributed by atoms with E-state index >= 15 is 0 Å². The average molecular weight is 262 g/mol. The summed E-state index contributed by atoms with van der Waals surface area (Å²) in [7, 11) is 0. The van der Waals surface area contributed by atoms with E-state index in [-0.39, 0.29) is 31.9 Å². The molecule has 0 aliphatic heterocycles. The van der Waals surface area contributed by atoms with E-state index in [1.54, 1.807) is 16.9 Å². The highest BCUT2D eigenvalue weighted by atomic mass is 19.4. The van der Waals surface area contributed by atoms with E-state index in [4.69, 9.17) is 4.74 Å². The Morgan fingerprint density at radius 1 is 1.44 bits per heavy atom. The lowest BCUT2D eigenvalue weighted by Gasteiger charge is -2.18. The van der Waals surface area contributed by atoms with Crippen molar-refractivity contribution < 1.29 is 17.9 Å². The van der Waals surface area contributed by atoms with Crippen LogP contribution in [0.4, 0.5) is 13.2 Å². The van der Waals surface area contributed by atoms with E-state index in [9.17, 15) is 13.2 Å². The van der Waals surface area contributed by atoms with Crippen molar-refractivity contribution in [3.05, 3.63) is 12.3 Å². The lowest BCUT2D eigenvalue weighted by molar-refractivity contribution is -0.190. The quantitative estimate of drug-likeness (QED) is 0.811. The van der Waals surface area contributed by atoms with Crippen LogP contribution >= 0.6 is 0 Å². The fourth-order valence-electron chi connectivity index (χ4n) is 1.86. The molecule has 0 spiro atoms. The lowest BCUT2D eigenvalue weighted by Crippen LogP contribution is -2.26. The van der Waals surface area contributed by atoms with Crippen LogP contribution in [0, 0.1) is 5.41 Å². The van der Waals surface area contributed by atoms with E-state index in [0.29, 0.717) is 5.88 Å². The normalized spacial score (nSPS) is 18.1. The highest BCUT2D eigenvalue weighted by molar-refractivity contribution is 5.06. The third-order valence-corrected chi connectivity index (χ3v) is 3.40. The van der Waals surface area contributed by atoms with Gasteiger partial charge in [0.15, 0.2) is 0 Å². The monoisotopic (exact) mass is 262 g/mol. The molecule has 1 aliphatic carbocycles. The average Bonchev–Trinajstić information content (AvgIpc) is 2.89. The van der Waals surface area contributed by atoms with Crippen molar-refractivity contribution in [3.63, 3.8) is 0 Å². The molecule has 0 atom stereocenters. The predicted molar refractivity (Wildman–Crippen MR) is 60.4 cm³/mol. The first kappa shape index (κ1) is 13.2. The topological polar surface area (TPSA) is 27.1 Å². The second-order valence-corrected chi connectivity index (χ2v) is 5.10. The number of alkyl halides is 3. The fourth-order valence-corrected chi connectivity index (χ4v) is 1.86. The fraction of sp³-hybridized carbons (Fsp3) is 0.750. The molecule has 0 aromatic carbocycles. The van der Waals surface area contributed by atoms with Gasteiger partial charge in [-0.1, -0.05) is 0 Å². The Balaban J connectivity index is 1.82. The highest BCUT2D eigenvalue weighted by Crippen LogP contribution is 2.59. The van der Waals surface area contributed by atoms with Gasteiger partial charge in [0.25, 0.3) is 0 Å². The van der Waals surface area contributed by atoms with Crippen LogP contribution in [0.5, 0.6) is 5.88 Å². The molecule has 1 saturated carbocycles. The number of halogens is 3. The summed E-state index contributed by atoms with van der Waals surface area (Å²) < 4.78 is 45.0. The number of aromatic nitrogens is 2. The summed E-state index contributed by atoms with van der Waals surface area (Å²) in [6.45, 7) is 4.01. The van der Waals surface area contributed by atoms with Crippen molar-refractivity contribution >= 4 is 0 Å². The Morgan fingerprint density at radius 3 is 2.56 bits per heavy atom. The molecule has 1 aliphatic rings. The van der Waals surface area contributed by atoms with Crippen LogP contribution in [-0.4, -0.2) is 22.6 Å². The molecule has 0 saturated heterocycles. The Morgan fingerprint density at radius 2 is 2.11 bits per heavy atom. The first-order chi connectivity index (χ1) is 8.34. The smallest absolute Gasteiger partial charge is 0.394 e. The van der Waals surface area contributed by atoms with Crippen LogP contribution in [0.15, 0.2) is 12.3 Å². The molecule has 0 radical (unpaired) electrons.